The zero-order valence-electron chi connectivity index (χ0n) is 15.3. The molecule has 0 saturated heterocycles. The minimum Gasteiger partial charge on any atom is -0.363 e. The summed E-state index contributed by atoms with van der Waals surface area (Å²) in [6.45, 7) is 4.68. The van der Waals surface area contributed by atoms with Gasteiger partial charge in [-0.05, 0) is 31.2 Å². The molecule has 0 bridgehead atoms. The second-order valence-electron chi connectivity index (χ2n) is 6.35. The number of rotatable bonds is 7. The number of urea groups is 1. The lowest BCUT2D eigenvalue weighted by atomic mass is 10.2. The number of hydrogen-bond donors (Lipinski definition) is 3. The number of amides is 2. The van der Waals surface area contributed by atoms with Gasteiger partial charge in [-0.15, -0.1) is 0 Å². The Hall–Kier alpha value is -2.73. The van der Waals surface area contributed by atoms with E-state index in [0.29, 0.717) is 19.6 Å². The highest BCUT2D eigenvalue weighted by atomic mass is 35.5. The van der Waals surface area contributed by atoms with Crippen molar-refractivity contribution >= 4 is 34.8 Å². The van der Waals surface area contributed by atoms with Crippen molar-refractivity contribution in [2.24, 2.45) is 4.99 Å². The lowest BCUT2D eigenvalue weighted by Gasteiger charge is -2.24. The summed E-state index contributed by atoms with van der Waals surface area (Å²) in [5, 5.41) is 8.94. The molecule has 0 aliphatic carbocycles. The molecule has 1 aliphatic heterocycles. The molecule has 2 amide bonds. The monoisotopic (exact) mass is 385 g/mol. The Bertz CT molecular complexity index is 779. The van der Waals surface area contributed by atoms with Crippen LogP contribution in [0.4, 0.5) is 16.2 Å². The first kappa shape index (κ1) is 19.0. The zero-order valence-corrected chi connectivity index (χ0v) is 16.0. The molecule has 6 nitrogen and oxygen atoms in total. The number of aliphatic imine (C=N–C) groups is 1. The van der Waals surface area contributed by atoms with Gasteiger partial charge in [0.2, 0.25) is 0 Å². The third-order valence-corrected chi connectivity index (χ3v) is 4.54. The zero-order chi connectivity index (χ0) is 19.1. The lowest BCUT2D eigenvalue weighted by molar-refractivity contribution is 0.251. The summed E-state index contributed by atoms with van der Waals surface area (Å²) < 4.78 is 0. The highest BCUT2D eigenvalue weighted by Crippen LogP contribution is 2.14. The maximum absolute atomic E-state index is 12.0. The molecule has 0 aromatic heterocycles. The van der Waals surface area contributed by atoms with Gasteiger partial charge in [-0.1, -0.05) is 47.5 Å². The molecular formula is C20H24ClN5O. The van der Waals surface area contributed by atoms with Crippen LogP contribution in [0.2, 0.25) is 0 Å². The van der Waals surface area contributed by atoms with E-state index in [1.54, 1.807) is 0 Å². The van der Waals surface area contributed by atoms with Crippen molar-refractivity contribution in [3.63, 3.8) is 0 Å². The number of anilines is 2. The van der Waals surface area contributed by atoms with E-state index in [-0.39, 0.29) is 6.03 Å². The first-order valence-electron chi connectivity index (χ1n) is 8.98. The van der Waals surface area contributed by atoms with E-state index in [0.717, 1.165) is 29.3 Å². The van der Waals surface area contributed by atoms with E-state index in [4.69, 9.17) is 11.6 Å². The third kappa shape index (κ3) is 5.62. The summed E-state index contributed by atoms with van der Waals surface area (Å²) in [7, 11) is 0. The van der Waals surface area contributed by atoms with Crippen LogP contribution in [0.25, 0.3) is 0 Å². The van der Waals surface area contributed by atoms with Gasteiger partial charge in [-0.3, -0.25) is 4.99 Å². The second kappa shape index (κ2) is 9.28. The maximum atomic E-state index is 12.0. The summed E-state index contributed by atoms with van der Waals surface area (Å²) in [5.41, 5.74) is 2.47. The molecule has 2 aromatic carbocycles. The summed E-state index contributed by atoms with van der Waals surface area (Å²) in [6.07, 6.45) is 0. The minimum absolute atomic E-state index is 0.221. The predicted molar refractivity (Wildman–Crippen MR) is 112 cm³/mol. The van der Waals surface area contributed by atoms with E-state index < -0.39 is 5.50 Å². The number of nitrogens with zero attached hydrogens (tertiary/aromatic N) is 2. The number of carbonyl (C=O) groups excluding carboxylic acids is 1. The first-order valence-corrected chi connectivity index (χ1v) is 9.42. The van der Waals surface area contributed by atoms with Crippen LogP contribution in [-0.4, -0.2) is 48.4 Å². The van der Waals surface area contributed by atoms with Crippen molar-refractivity contribution < 1.29 is 4.79 Å². The Balaban J connectivity index is 1.44. The molecule has 0 radical (unpaired) electrons. The summed E-state index contributed by atoms with van der Waals surface area (Å²) in [5.74, 6) is 0.807. The molecule has 1 aliphatic rings. The van der Waals surface area contributed by atoms with Gasteiger partial charge in [-0.2, -0.15) is 0 Å². The van der Waals surface area contributed by atoms with Gasteiger partial charge in [0, 0.05) is 31.0 Å². The molecule has 3 N–H and O–H groups in total. The molecule has 27 heavy (non-hydrogen) atoms. The van der Waals surface area contributed by atoms with Gasteiger partial charge in [-0.25, -0.2) is 4.79 Å². The van der Waals surface area contributed by atoms with Crippen LogP contribution in [-0.2, 0) is 0 Å². The van der Waals surface area contributed by atoms with Gasteiger partial charge in [0.05, 0.1) is 6.54 Å². The van der Waals surface area contributed by atoms with Gasteiger partial charge in [0.25, 0.3) is 0 Å². The van der Waals surface area contributed by atoms with Crippen LogP contribution in [0.3, 0.4) is 0 Å². The fourth-order valence-corrected chi connectivity index (χ4v) is 3.16. The van der Waals surface area contributed by atoms with Crippen molar-refractivity contribution in [3.05, 3.63) is 60.2 Å². The number of aryl methyl sites for hydroxylation is 1. The van der Waals surface area contributed by atoms with Crippen molar-refractivity contribution in [3.8, 4) is 0 Å². The van der Waals surface area contributed by atoms with Crippen LogP contribution in [0.5, 0.6) is 0 Å². The quantitative estimate of drug-likeness (QED) is 0.504. The Morgan fingerprint density at radius 2 is 1.89 bits per heavy atom. The Labute approximate surface area is 164 Å². The van der Waals surface area contributed by atoms with Gasteiger partial charge in [0.1, 0.15) is 5.84 Å². The largest absolute Gasteiger partial charge is 0.363 e. The van der Waals surface area contributed by atoms with Crippen LogP contribution in [0, 0.1) is 6.92 Å². The maximum Gasteiger partial charge on any atom is 0.319 e. The van der Waals surface area contributed by atoms with E-state index in [2.05, 4.69) is 25.8 Å². The highest BCUT2D eigenvalue weighted by molar-refractivity contribution is 6.33. The number of amidine groups is 1. The average molecular weight is 386 g/mol. The smallest absolute Gasteiger partial charge is 0.319 e. The molecule has 3 rings (SSSR count). The molecule has 7 heteroatoms. The number of nitrogens with one attached hydrogen (secondary N) is 3. The first-order chi connectivity index (χ1) is 13.1. The van der Waals surface area contributed by atoms with Gasteiger partial charge in [0.15, 0.2) is 5.50 Å². The van der Waals surface area contributed by atoms with Crippen LogP contribution >= 0.6 is 11.6 Å². The van der Waals surface area contributed by atoms with Gasteiger partial charge < -0.3 is 20.9 Å². The third-order valence-electron chi connectivity index (χ3n) is 4.24. The van der Waals surface area contributed by atoms with Crippen LogP contribution in [0.15, 0.2) is 59.6 Å². The van der Waals surface area contributed by atoms with Crippen LogP contribution in [0.1, 0.15) is 5.56 Å². The predicted octanol–water partition coefficient (Wildman–Crippen LogP) is 3.51. The summed E-state index contributed by atoms with van der Waals surface area (Å²) in [4.78, 5) is 18.6. The molecule has 0 fully saturated rings. The molecule has 1 atom stereocenters. The molecule has 0 spiro atoms. The second-order valence-corrected chi connectivity index (χ2v) is 6.78. The normalized spacial score (nSPS) is 14.4. The number of halogens is 1. The molecule has 1 heterocycles. The average Bonchev–Trinajstić information content (AvgIpc) is 3.13. The topological polar surface area (TPSA) is 68.8 Å². The van der Waals surface area contributed by atoms with Crippen molar-refractivity contribution in [2.45, 2.75) is 12.4 Å². The Morgan fingerprint density at radius 3 is 2.63 bits per heavy atom. The van der Waals surface area contributed by atoms with Crippen molar-refractivity contribution in [1.29, 1.82) is 0 Å². The Kier molecular flexibility index (Phi) is 6.54. The summed E-state index contributed by atoms with van der Waals surface area (Å²) >= 11 is 6.49. The summed E-state index contributed by atoms with van der Waals surface area (Å²) in [6, 6.07) is 17.3. The Morgan fingerprint density at radius 1 is 1.15 bits per heavy atom. The molecule has 1 unspecified atom stereocenters. The van der Waals surface area contributed by atoms with E-state index in [1.165, 1.54) is 0 Å². The molecule has 2 aromatic rings. The fourth-order valence-electron chi connectivity index (χ4n) is 2.83. The van der Waals surface area contributed by atoms with Crippen molar-refractivity contribution in [2.75, 3.05) is 36.8 Å². The van der Waals surface area contributed by atoms with Gasteiger partial charge >= 0.3 is 6.03 Å². The minimum atomic E-state index is -0.406. The number of hydrogen-bond acceptors (Lipinski definition) is 4. The standard InChI is InChI=1S/C20H24ClN5O/c1-15-7-9-17(10-8-15)25-20(27)23-12-14-26-13-11-22-19(26)18(21)24-16-5-3-2-4-6-16/h2-10,18,24H,11-14H2,1H3,(H2,23,25,27). The highest BCUT2D eigenvalue weighted by Gasteiger charge is 2.23. The SMILES string of the molecule is Cc1ccc(NC(=O)NCCN2CCN=C2C(Cl)Nc2ccccc2)cc1. The number of alkyl halides is 1. The van der Waals surface area contributed by atoms with Crippen molar-refractivity contribution in [1.82, 2.24) is 10.2 Å². The number of benzene rings is 2. The molecule has 142 valence electrons. The molecular weight excluding hydrogens is 362 g/mol. The molecule has 0 saturated carbocycles. The van der Waals surface area contributed by atoms with E-state index in [9.17, 15) is 4.79 Å². The van der Waals surface area contributed by atoms with E-state index in [1.807, 2.05) is 61.5 Å². The van der Waals surface area contributed by atoms with Crippen LogP contribution < -0.4 is 16.0 Å². The fraction of sp³-hybridized carbons (Fsp3) is 0.300. The lowest BCUT2D eigenvalue weighted by Crippen LogP contribution is -2.42. The number of carbonyl (C=O) groups is 1. The number of para-hydroxylation sites is 1. The van der Waals surface area contributed by atoms with E-state index >= 15 is 0 Å².